The van der Waals surface area contributed by atoms with E-state index in [4.69, 9.17) is 0 Å². The number of carbonyl (C=O) groups excluding carboxylic acids is 2. The first-order chi connectivity index (χ1) is 13.7. The first-order valence-electron chi connectivity index (χ1n) is 10.3. The van der Waals surface area contributed by atoms with Crippen molar-refractivity contribution in [3.63, 3.8) is 0 Å². The molecule has 0 saturated heterocycles. The first-order valence-corrected chi connectivity index (χ1v) is 10.3. The van der Waals surface area contributed by atoms with E-state index in [0.717, 1.165) is 38.3 Å². The second-order valence-electron chi connectivity index (χ2n) is 7.30. The molecule has 6 nitrogen and oxygen atoms in total. The van der Waals surface area contributed by atoms with E-state index in [0.29, 0.717) is 17.7 Å². The molecule has 2 N–H and O–H groups in total. The average Bonchev–Trinajstić information content (AvgIpc) is 2.98. The summed E-state index contributed by atoms with van der Waals surface area (Å²) in [4.78, 5) is 30.3. The van der Waals surface area contributed by atoms with Crippen LogP contribution in [0.3, 0.4) is 0 Å². The number of nitrogens with zero attached hydrogens (tertiary/aromatic N) is 2. The van der Waals surface area contributed by atoms with Gasteiger partial charge in [0.05, 0.1) is 11.1 Å². The summed E-state index contributed by atoms with van der Waals surface area (Å²) in [7, 11) is 1.77. The van der Waals surface area contributed by atoms with E-state index in [9.17, 15) is 9.59 Å². The Kier molecular flexibility index (Phi) is 7.23. The number of imide groups is 1. The number of nitrogens with one attached hydrogen (secondary N) is 2. The Bertz CT molecular complexity index is 735. The number of amides is 2. The number of rotatable bonds is 8. The van der Waals surface area contributed by atoms with Crippen molar-refractivity contribution in [2.45, 2.75) is 44.9 Å². The Hall–Kier alpha value is -2.63. The predicted octanol–water partition coefficient (Wildman–Crippen LogP) is 3.12. The SMILES string of the molecule is CN=C(NCCCCN1C(=O)c2ccccc2C1=O)NCCC1=CCCCC1. The lowest BCUT2D eigenvalue weighted by atomic mass is 9.97. The van der Waals surface area contributed by atoms with Crippen LogP contribution in [-0.4, -0.2) is 49.4 Å². The third-order valence-electron chi connectivity index (χ3n) is 5.33. The van der Waals surface area contributed by atoms with Crippen LogP contribution in [0, 0.1) is 0 Å². The van der Waals surface area contributed by atoms with E-state index in [-0.39, 0.29) is 11.8 Å². The molecule has 0 unspecified atom stereocenters. The molecule has 1 aromatic carbocycles. The highest BCUT2D eigenvalue weighted by Gasteiger charge is 2.34. The smallest absolute Gasteiger partial charge is 0.261 e. The van der Waals surface area contributed by atoms with Crippen molar-refractivity contribution in [1.29, 1.82) is 0 Å². The number of aliphatic imine (C=N–C) groups is 1. The summed E-state index contributed by atoms with van der Waals surface area (Å²) < 4.78 is 0. The van der Waals surface area contributed by atoms with Crippen molar-refractivity contribution in [3.8, 4) is 0 Å². The minimum Gasteiger partial charge on any atom is -0.356 e. The van der Waals surface area contributed by atoms with Gasteiger partial charge >= 0.3 is 0 Å². The average molecular weight is 383 g/mol. The lowest BCUT2D eigenvalue weighted by Gasteiger charge is -2.16. The summed E-state index contributed by atoms with van der Waals surface area (Å²) in [5.74, 6) is 0.447. The van der Waals surface area contributed by atoms with Crippen molar-refractivity contribution in [3.05, 3.63) is 47.0 Å². The molecule has 0 atom stereocenters. The molecule has 0 aromatic heterocycles. The molecule has 6 heteroatoms. The Morgan fingerprint density at radius 1 is 1.04 bits per heavy atom. The molecule has 0 fully saturated rings. The summed E-state index contributed by atoms with van der Waals surface area (Å²) in [5, 5.41) is 6.66. The number of fused-ring (bicyclic) bond motifs is 1. The van der Waals surface area contributed by atoms with Crippen molar-refractivity contribution < 1.29 is 9.59 Å². The van der Waals surface area contributed by atoms with Crippen molar-refractivity contribution in [2.24, 2.45) is 4.99 Å². The second kappa shape index (κ2) is 10.1. The van der Waals surface area contributed by atoms with Crippen LogP contribution in [0.25, 0.3) is 0 Å². The minimum absolute atomic E-state index is 0.178. The highest BCUT2D eigenvalue weighted by molar-refractivity contribution is 6.21. The fourth-order valence-corrected chi connectivity index (χ4v) is 3.74. The van der Waals surface area contributed by atoms with Crippen molar-refractivity contribution in [2.75, 3.05) is 26.7 Å². The van der Waals surface area contributed by atoms with Gasteiger partial charge in [-0.3, -0.25) is 19.5 Å². The molecular weight excluding hydrogens is 352 g/mol. The maximum Gasteiger partial charge on any atom is 0.261 e. The quantitative estimate of drug-likeness (QED) is 0.238. The van der Waals surface area contributed by atoms with Crippen LogP contribution in [-0.2, 0) is 0 Å². The van der Waals surface area contributed by atoms with E-state index in [2.05, 4.69) is 21.7 Å². The summed E-state index contributed by atoms with van der Waals surface area (Å²) in [6.07, 6.45) is 10.1. The van der Waals surface area contributed by atoms with Gasteiger partial charge in [-0.05, 0) is 57.1 Å². The van der Waals surface area contributed by atoms with Crippen LogP contribution in [0.1, 0.15) is 65.7 Å². The van der Waals surface area contributed by atoms with E-state index in [1.807, 2.05) is 0 Å². The lowest BCUT2D eigenvalue weighted by Crippen LogP contribution is -2.38. The van der Waals surface area contributed by atoms with E-state index >= 15 is 0 Å². The molecule has 0 saturated carbocycles. The number of guanidine groups is 1. The predicted molar refractivity (Wildman–Crippen MR) is 112 cm³/mol. The number of allylic oxidation sites excluding steroid dienone is 1. The van der Waals surface area contributed by atoms with Gasteiger partial charge in [-0.15, -0.1) is 0 Å². The normalized spacial score (nSPS) is 16.8. The third kappa shape index (κ3) is 5.00. The van der Waals surface area contributed by atoms with Gasteiger partial charge in [0.1, 0.15) is 0 Å². The van der Waals surface area contributed by atoms with Gasteiger partial charge in [0.15, 0.2) is 5.96 Å². The Morgan fingerprint density at radius 3 is 2.39 bits per heavy atom. The van der Waals surface area contributed by atoms with E-state index in [1.54, 1.807) is 36.9 Å². The molecule has 3 rings (SSSR count). The van der Waals surface area contributed by atoms with E-state index in [1.165, 1.54) is 30.6 Å². The Balaban J connectivity index is 1.32. The summed E-state index contributed by atoms with van der Waals surface area (Å²) >= 11 is 0. The molecule has 28 heavy (non-hydrogen) atoms. The van der Waals surface area contributed by atoms with Crippen LogP contribution in [0.2, 0.25) is 0 Å². The zero-order valence-corrected chi connectivity index (χ0v) is 16.7. The monoisotopic (exact) mass is 382 g/mol. The molecule has 0 bridgehead atoms. The van der Waals surface area contributed by atoms with Gasteiger partial charge < -0.3 is 10.6 Å². The van der Waals surface area contributed by atoms with Crippen LogP contribution in [0.4, 0.5) is 0 Å². The number of carbonyl (C=O) groups is 2. The van der Waals surface area contributed by atoms with Gasteiger partial charge in [0, 0.05) is 26.7 Å². The molecule has 2 amide bonds. The van der Waals surface area contributed by atoms with Gasteiger partial charge in [-0.25, -0.2) is 0 Å². The highest BCUT2D eigenvalue weighted by atomic mass is 16.2. The molecule has 0 radical (unpaired) electrons. The molecule has 1 aliphatic carbocycles. The van der Waals surface area contributed by atoms with E-state index < -0.39 is 0 Å². The lowest BCUT2D eigenvalue weighted by molar-refractivity contribution is 0.0652. The van der Waals surface area contributed by atoms with Crippen LogP contribution < -0.4 is 10.6 Å². The summed E-state index contributed by atoms with van der Waals surface area (Å²) in [6.45, 7) is 2.10. The Labute approximate surface area is 167 Å². The molecule has 1 aromatic rings. The molecule has 0 spiro atoms. The third-order valence-corrected chi connectivity index (χ3v) is 5.33. The Morgan fingerprint density at radius 2 is 1.75 bits per heavy atom. The van der Waals surface area contributed by atoms with Crippen LogP contribution in [0.15, 0.2) is 40.9 Å². The maximum absolute atomic E-state index is 12.3. The van der Waals surface area contributed by atoms with Gasteiger partial charge in [-0.1, -0.05) is 23.8 Å². The topological polar surface area (TPSA) is 73.8 Å². The number of unbranched alkanes of at least 4 members (excludes halogenated alkanes) is 1. The largest absolute Gasteiger partial charge is 0.356 e. The highest BCUT2D eigenvalue weighted by Crippen LogP contribution is 2.22. The number of hydrogen-bond donors (Lipinski definition) is 2. The molecule has 150 valence electrons. The summed E-state index contributed by atoms with van der Waals surface area (Å²) in [6, 6.07) is 7.02. The fourth-order valence-electron chi connectivity index (χ4n) is 3.74. The van der Waals surface area contributed by atoms with Gasteiger partial charge in [0.25, 0.3) is 11.8 Å². The van der Waals surface area contributed by atoms with Crippen molar-refractivity contribution in [1.82, 2.24) is 15.5 Å². The van der Waals surface area contributed by atoms with Crippen LogP contribution >= 0.6 is 0 Å². The molecule has 1 aliphatic heterocycles. The second-order valence-corrected chi connectivity index (χ2v) is 7.30. The zero-order chi connectivity index (χ0) is 19.8. The van der Waals surface area contributed by atoms with Crippen LogP contribution in [0.5, 0.6) is 0 Å². The van der Waals surface area contributed by atoms with Crippen molar-refractivity contribution >= 4 is 17.8 Å². The summed E-state index contributed by atoms with van der Waals surface area (Å²) in [5.41, 5.74) is 2.58. The first kappa shape index (κ1) is 20.1. The number of benzene rings is 1. The fraction of sp³-hybridized carbons (Fsp3) is 0.500. The van der Waals surface area contributed by atoms with Gasteiger partial charge in [0.2, 0.25) is 0 Å². The van der Waals surface area contributed by atoms with Gasteiger partial charge in [-0.2, -0.15) is 0 Å². The zero-order valence-electron chi connectivity index (χ0n) is 16.7. The molecular formula is C22H30N4O2. The number of hydrogen-bond acceptors (Lipinski definition) is 3. The standard InChI is InChI=1S/C22H30N4O2/c1-23-22(25-15-13-17-9-3-2-4-10-17)24-14-7-8-16-26-20(27)18-11-5-6-12-19(18)21(26)28/h5-6,9,11-12H,2-4,7-8,10,13-16H2,1H3,(H2,23,24,25). The molecule has 1 heterocycles. The maximum atomic E-state index is 12.3. The molecule has 2 aliphatic rings. The minimum atomic E-state index is -0.178.